The molecular formula is C19H19ClF2N2O. The molecule has 0 unspecified atom stereocenters. The van der Waals surface area contributed by atoms with E-state index in [1.165, 1.54) is 18.2 Å². The Hall–Kier alpha value is -1.98. The molecular weight excluding hydrogens is 346 g/mol. The van der Waals surface area contributed by atoms with Crippen molar-refractivity contribution in [3.8, 4) is 0 Å². The lowest BCUT2D eigenvalue weighted by atomic mass is 9.95. The third-order valence-electron chi connectivity index (χ3n) is 4.51. The summed E-state index contributed by atoms with van der Waals surface area (Å²) < 4.78 is 26.8. The van der Waals surface area contributed by atoms with Crippen LogP contribution in [0, 0.1) is 17.6 Å². The zero-order valence-electron chi connectivity index (χ0n) is 13.6. The van der Waals surface area contributed by atoms with Crippen molar-refractivity contribution in [3.05, 3.63) is 64.7 Å². The minimum Gasteiger partial charge on any atom is -0.326 e. The van der Waals surface area contributed by atoms with Crippen LogP contribution in [0.3, 0.4) is 0 Å². The molecule has 0 saturated carbocycles. The molecule has 132 valence electrons. The van der Waals surface area contributed by atoms with E-state index in [1.807, 2.05) is 0 Å². The molecule has 0 atom stereocenters. The summed E-state index contributed by atoms with van der Waals surface area (Å²) >= 11 is 6.07. The van der Waals surface area contributed by atoms with Crippen LogP contribution < -0.4 is 5.32 Å². The predicted molar refractivity (Wildman–Crippen MR) is 94.4 cm³/mol. The molecule has 1 aliphatic rings. The van der Waals surface area contributed by atoms with Crippen molar-refractivity contribution in [2.45, 2.75) is 19.4 Å². The molecule has 6 heteroatoms. The Balaban J connectivity index is 1.53. The second-order valence-corrected chi connectivity index (χ2v) is 6.65. The quantitative estimate of drug-likeness (QED) is 0.868. The Morgan fingerprint density at radius 2 is 1.80 bits per heavy atom. The summed E-state index contributed by atoms with van der Waals surface area (Å²) in [5.41, 5.74) is 1.09. The normalized spacial score (nSPS) is 16.0. The number of nitrogens with zero attached hydrogens (tertiary/aromatic N) is 1. The predicted octanol–water partition coefficient (Wildman–Crippen LogP) is 4.47. The maximum Gasteiger partial charge on any atom is 0.227 e. The Morgan fingerprint density at radius 1 is 1.12 bits per heavy atom. The van der Waals surface area contributed by atoms with E-state index in [-0.39, 0.29) is 23.5 Å². The Labute approximate surface area is 150 Å². The molecule has 1 saturated heterocycles. The van der Waals surface area contributed by atoms with Crippen LogP contribution in [0.4, 0.5) is 14.5 Å². The third-order valence-corrected chi connectivity index (χ3v) is 4.87. The molecule has 1 fully saturated rings. The van der Waals surface area contributed by atoms with E-state index in [9.17, 15) is 13.6 Å². The number of nitrogens with one attached hydrogen (secondary N) is 1. The van der Waals surface area contributed by atoms with E-state index >= 15 is 0 Å². The van der Waals surface area contributed by atoms with Crippen LogP contribution in [0.15, 0.2) is 42.5 Å². The molecule has 0 aromatic heterocycles. The number of amides is 1. The van der Waals surface area contributed by atoms with Gasteiger partial charge < -0.3 is 5.32 Å². The molecule has 2 aromatic rings. The number of rotatable bonds is 4. The molecule has 1 N–H and O–H groups in total. The summed E-state index contributed by atoms with van der Waals surface area (Å²) in [5.74, 6) is -0.797. The van der Waals surface area contributed by atoms with Crippen LogP contribution in [-0.2, 0) is 11.3 Å². The fourth-order valence-electron chi connectivity index (χ4n) is 3.04. The first-order valence-electron chi connectivity index (χ1n) is 8.24. The molecule has 1 amide bonds. The smallest absolute Gasteiger partial charge is 0.227 e. The van der Waals surface area contributed by atoms with Gasteiger partial charge in [-0.2, -0.15) is 0 Å². The van der Waals surface area contributed by atoms with Gasteiger partial charge in [-0.3, -0.25) is 9.69 Å². The Morgan fingerprint density at radius 3 is 2.44 bits per heavy atom. The van der Waals surface area contributed by atoms with Gasteiger partial charge in [-0.1, -0.05) is 17.7 Å². The van der Waals surface area contributed by atoms with Crippen molar-refractivity contribution in [2.24, 2.45) is 5.92 Å². The third kappa shape index (κ3) is 4.55. The SMILES string of the molecule is O=C(Nc1ccc(F)cc1)C1CCN(Cc2c(F)cccc2Cl)CC1. The average molecular weight is 365 g/mol. The number of carbonyl (C=O) groups excluding carboxylic acids is 1. The minimum absolute atomic E-state index is 0.0600. The molecule has 1 aliphatic heterocycles. The van der Waals surface area contributed by atoms with E-state index in [0.717, 1.165) is 0 Å². The van der Waals surface area contributed by atoms with Crippen LogP contribution in [0.25, 0.3) is 0 Å². The molecule has 3 rings (SSSR count). The fraction of sp³-hybridized carbons (Fsp3) is 0.316. The van der Waals surface area contributed by atoms with Gasteiger partial charge in [0.2, 0.25) is 5.91 Å². The monoisotopic (exact) mass is 364 g/mol. The van der Waals surface area contributed by atoms with Crippen LogP contribution in [-0.4, -0.2) is 23.9 Å². The highest BCUT2D eigenvalue weighted by Crippen LogP contribution is 2.25. The summed E-state index contributed by atoms with van der Waals surface area (Å²) in [5, 5.41) is 3.24. The first kappa shape index (κ1) is 17.8. The van der Waals surface area contributed by atoms with Crippen LogP contribution >= 0.6 is 11.6 Å². The van der Waals surface area contributed by atoms with Crippen molar-refractivity contribution < 1.29 is 13.6 Å². The Bertz CT molecular complexity index is 723. The van der Waals surface area contributed by atoms with Crippen LogP contribution in [0.2, 0.25) is 5.02 Å². The number of likely N-dealkylation sites (tertiary alicyclic amines) is 1. The van der Waals surface area contributed by atoms with Gasteiger partial charge in [-0.15, -0.1) is 0 Å². The summed E-state index contributed by atoms with van der Waals surface area (Å²) in [6.07, 6.45) is 1.39. The van der Waals surface area contributed by atoms with E-state index in [0.29, 0.717) is 48.7 Å². The maximum absolute atomic E-state index is 13.9. The highest BCUT2D eigenvalue weighted by atomic mass is 35.5. The molecule has 0 bridgehead atoms. The van der Waals surface area contributed by atoms with Gasteiger partial charge in [-0.25, -0.2) is 8.78 Å². The molecule has 25 heavy (non-hydrogen) atoms. The van der Waals surface area contributed by atoms with Gasteiger partial charge in [0.05, 0.1) is 0 Å². The van der Waals surface area contributed by atoms with Crippen molar-refractivity contribution in [1.82, 2.24) is 4.90 Å². The number of piperidine rings is 1. The number of anilines is 1. The second kappa shape index (κ2) is 7.93. The number of hydrogen-bond donors (Lipinski definition) is 1. The van der Waals surface area contributed by atoms with Gasteiger partial charge in [0.25, 0.3) is 0 Å². The van der Waals surface area contributed by atoms with Gasteiger partial charge >= 0.3 is 0 Å². The van der Waals surface area contributed by atoms with Gasteiger partial charge in [0.1, 0.15) is 11.6 Å². The summed E-state index contributed by atoms with van der Waals surface area (Å²) in [4.78, 5) is 14.4. The van der Waals surface area contributed by atoms with E-state index < -0.39 is 0 Å². The maximum atomic E-state index is 13.9. The Kier molecular flexibility index (Phi) is 5.66. The highest BCUT2D eigenvalue weighted by Gasteiger charge is 2.25. The largest absolute Gasteiger partial charge is 0.326 e. The second-order valence-electron chi connectivity index (χ2n) is 6.25. The van der Waals surface area contributed by atoms with E-state index in [2.05, 4.69) is 10.2 Å². The number of benzene rings is 2. The lowest BCUT2D eigenvalue weighted by Gasteiger charge is -2.31. The highest BCUT2D eigenvalue weighted by molar-refractivity contribution is 6.31. The topological polar surface area (TPSA) is 32.3 Å². The molecule has 1 heterocycles. The number of halogens is 3. The average Bonchev–Trinajstić information content (AvgIpc) is 2.61. The number of carbonyl (C=O) groups is 1. The van der Waals surface area contributed by atoms with Crippen LogP contribution in [0.1, 0.15) is 18.4 Å². The van der Waals surface area contributed by atoms with Crippen molar-refractivity contribution >= 4 is 23.2 Å². The van der Waals surface area contributed by atoms with Gasteiger partial charge in [-0.05, 0) is 62.3 Å². The molecule has 2 aromatic carbocycles. The summed E-state index contributed by atoms with van der Waals surface area (Å²) in [7, 11) is 0. The first-order valence-corrected chi connectivity index (χ1v) is 8.62. The van der Waals surface area contributed by atoms with Crippen molar-refractivity contribution in [2.75, 3.05) is 18.4 Å². The van der Waals surface area contributed by atoms with E-state index in [1.54, 1.807) is 24.3 Å². The van der Waals surface area contributed by atoms with Crippen molar-refractivity contribution in [3.63, 3.8) is 0 Å². The van der Waals surface area contributed by atoms with E-state index in [4.69, 9.17) is 11.6 Å². The fourth-order valence-corrected chi connectivity index (χ4v) is 3.26. The zero-order valence-corrected chi connectivity index (χ0v) is 14.4. The molecule has 0 aliphatic carbocycles. The molecule has 3 nitrogen and oxygen atoms in total. The lowest BCUT2D eigenvalue weighted by molar-refractivity contribution is -0.121. The first-order chi connectivity index (χ1) is 12.0. The molecule has 0 spiro atoms. The van der Waals surface area contributed by atoms with Crippen molar-refractivity contribution in [1.29, 1.82) is 0 Å². The lowest BCUT2D eigenvalue weighted by Crippen LogP contribution is -2.38. The summed E-state index contributed by atoms with van der Waals surface area (Å²) in [6.45, 7) is 1.84. The zero-order chi connectivity index (χ0) is 17.8. The summed E-state index contributed by atoms with van der Waals surface area (Å²) in [6, 6.07) is 10.4. The minimum atomic E-state index is -0.335. The molecule has 0 radical (unpaired) electrons. The van der Waals surface area contributed by atoms with Gasteiger partial charge in [0, 0.05) is 28.7 Å². The number of hydrogen-bond acceptors (Lipinski definition) is 2. The van der Waals surface area contributed by atoms with Gasteiger partial charge in [0.15, 0.2) is 0 Å². The van der Waals surface area contributed by atoms with Crippen LogP contribution in [0.5, 0.6) is 0 Å². The standard InChI is InChI=1S/C19H19ClF2N2O/c20-17-2-1-3-18(22)16(17)12-24-10-8-13(9-11-24)19(25)23-15-6-4-14(21)5-7-15/h1-7,13H,8-12H2,(H,23,25).